The van der Waals surface area contributed by atoms with Gasteiger partial charge < -0.3 is 0 Å². The highest BCUT2D eigenvalue weighted by Gasteiger charge is 1.89. The number of likely N-dealkylation sites (N-methyl/N-ethyl adjacent to an activating group) is 1. The van der Waals surface area contributed by atoms with E-state index in [4.69, 9.17) is 5.84 Å². The lowest BCUT2D eigenvalue weighted by molar-refractivity contribution is 0.380. The molecule has 0 bridgehead atoms. The molecule has 0 heterocycles. The number of allylic oxidation sites excluding steroid dienone is 4. The molecule has 2 N–H and O–H groups in total. The molecule has 0 radical (unpaired) electrons. The second kappa shape index (κ2) is 5.89. The first-order chi connectivity index (χ1) is 5.16. The quantitative estimate of drug-likeness (QED) is 0.375. The van der Waals surface area contributed by atoms with Crippen LogP contribution in [0.2, 0.25) is 0 Å². The summed E-state index contributed by atoms with van der Waals surface area (Å²) in [4.78, 5) is 0. The molecule has 0 aromatic carbocycles. The van der Waals surface area contributed by atoms with Crippen molar-refractivity contribution >= 4 is 0 Å². The third-order valence-corrected chi connectivity index (χ3v) is 1.13. The summed E-state index contributed by atoms with van der Waals surface area (Å²) in [5, 5.41) is 1.65. The molecule has 0 rings (SSSR count). The van der Waals surface area contributed by atoms with Crippen LogP contribution in [0.5, 0.6) is 0 Å². The summed E-state index contributed by atoms with van der Waals surface area (Å²) in [5.41, 5.74) is 1.23. The third-order valence-electron chi connectivity index (χ3n) is 1.13. The number of hydrogen-bond donors (Lipinski definition) is 1. The zero-order chi connectivity index (χ0) is 8.69. The van der Waals surface area contributed by atoms with E-state index in [9.17, 15) is 0 Å². The van der Waals surface area contributed by atoms with Crippen molar-refractivity contribution in [2.45, 2.75) is 6.92 Å². The van der Waals surface area contributed by atoms with Gasteiger partial charge >= 0.3 is 0 Å². The highest BCUT2D eigenvalue weighted by molar-refractivity contribution is 5.14. The van der Waals surface area contributed by atoms with Crippen LogP contribution in [0, 0.1) is 0 Å². The molecular formula is C9H16N2. The highest BCUT2D eigenvalue weighted by Crippen LogP contribution is 1.93. The van der Waals surface area contributed by atoms with Crippen molar-refractivity contribution in [3.05, 3.63) is 36.5 Å². The Morgan fingerprint density at radius 3 is 2.64 bits per heavy atom. The zero-order valence-corrected chi connectivity index (χ0v) is 7.25. The van der Waals surface area contributed by atoms with Crippen molar-refractivity contribution in [1.29, 1.82) is 0 Å². The van der Waals surface area contributed by atoms with Gasteiger partial charge in [0.1, 0.15) is 0 Å². The Balaban J connectivity index is 3.80. The largest absolute Gasteiger partial charge is 0.269 e. The van der Waals surface area contributed by atoms with E-state index >= 15 is 0 Å². The van der Waals surface area contributed by atoms with E-state index in [0.717, 1.165) is 6.54 Å². The minimum atomic E-state index is 0.793. The van der Waals surface area contributed by atoms with Gasteiger partial charge in [0, 0.05) is 13.6 Å². The van der Waals surface area contributed by atoms with Gasteiger partial charge in [-0.1, -0.05) is 36.5 Å². The lowest BCUT2D eigenvalue weighted by atomic mass is 10.2. The van der Waals surface area contributed by atoms with Gasteiger partial charge in [-0.05, 0) is 6.92 Å². The topological polar surface area (TPSA) is 29.3 Å². The molecule has 11 heavy (non-hydrogen) atoms. The number of hydrogen-bond acceptors (Lipinski definition) is 2. The Bertz CT molecular complexity index is 166. The molecule has 0 aliphatic carbocycles. The predicted molar refractivity (Wildman–Crippen MR) is 49.9 cm³/mol. The Kier molecular flexibility index (Phi) is 5.43. The van der Waals surface area contributed by atoms with Crippen LogP contribution in [0.15, 0.2) is 36.5 Å². The van der Waals surface area contributed by atoms with E-state index in [-0.39, 0.29) is 0 Å². The molecule has 0 atom stereocenters. The molecule has 0 aliphatic heterocycles. The molecule has 2 heteroatoms. The van der Waals surface area contributed by atoms with Crippen molar-refractivity contribution in [1.82, 2.24) is 5.01 Å². The fourth-order valence-corrected chi connectivity index (χ4v) is 0.744. The highest BCUT2D eigenvalue weighted by atomic mass is 15.4. The SMILES string of the molecule is C=C/C=C\C=C(\C)CN(C)N. The standard InChI is InChI=1S/C9H16N2/c1-4-5-6-7-9(2)8-11(3)10/h4-7H,1,8,10H2,2-3H3/b6-5-,9-7-. The van der Waals surface area contributed by atoms with E-state index in [1.807, 2.05) is 32.2 Å². The molecule has 0 saturated heterocycles. The number of hydrazine groups is 1. The van der Waals surface area contributed by atoms with Gasteiger partial charge in [-0.25, -0.2) is 5.01 Å². The fraction of sp³-hybridized carbons (Fsp3) is 0.333. The second-order valence-corrected chi connectivity index (χ2v) is 2.55. The summed E-state index contributed by atoms with van der Waals surface area (Å²) in [6.07, 6.45) is 7.60. The summed E-state index contributed by atoms with van der Waals surface area (Å²) in [6, 6.07) is 0. The number of nitrogens with zero attached hydrogens (tertiary/aromatic N) is 1. The van der Waals surface area contributed by atoms with E-state index in [0.29, 0.717) is 0 Å². The number of rotatable bonds is 4. The van der Waals surface area contributed by atoms with Crippen LogP contribution in [0.25, 0.3) is 0 Å². The van der Waals surface area contributed by atoms with Gasteiger partial charge in [-0.3, -0.25) is 5.84 Å². The van der Waals surface area contributed by atoms with Gasteiger partial charge in [0.25, 0.3) is 0 Å². The molecule has 0 aliphatic rings. The van der Waals surface area contributed by atoms with Crippen LogP contribution >= 0.6 is 0 Å². The van der Waals surface area contributed by atoms with Crippen molar-refractivity contribution in [3.63, 3.8) is 0 Å². The lowest BCUT2D eigenvalue weighted by Crippen LogP contribution is -2.27. The number of nitrogens with two attached hydrogens (primary N) is 1. The van der Waals surface area contributed by atoms with Crippen LogP contribution in [0.4, 0.5) is 0 Å². The van der Waals surface area contributed by atoms with Crippen molar-refractivity contribution in [3.8, 4) is 0 Å². The van der Waals surface area contributed by atoms with Gasteiger partial charge in [-0.15, -0.1) is 0 Å². The molecule has 0 fully saturated rings. The maximum atomic E-state index is 5.45. The van der Waals surface area contributed by atoms with Crippen LogP contribution in [-0.2, 0) is 0 Å². The van der Waals surface area contributed by atoms with E-state index in [1.54, 1.807) is 11.1 Å². The van der Waals surface area contributed by atoms with Crippen molar-refractivity contribution < 1.29 is 0 Å². The van der Waals surface area contributed by atoms with Gasteiger partial charge in [0.2, 0.25) is 0 Å². The Morgan fingerprint density at radius 1 is 1.55 bits per heavy atom. The Morgan fingerprint density at radius 2 is 2.18 bits per heavy atom. The molecule has 62 valence electrons. The second-order valence-electron chi connectivity index (χ2n) is 2.55. The summed E-state index contributed by atoms with van der Waals surface area (Å²) >= 11 is 0. The van der Waals surface area contributed by atoms with Gasteiger partial charge in [-0.2, -0.15) is 0 Å². The van der Waals surface area contributed by atoms with E-state index < -0.39 is 0 Å². The summed E-state index contributed by atoms with van der Waals surface area (Å²) in [5.74, 6) is 5.45. The first-order valence-corrected chi connectivity index (χ1v) is 3.57. The van der Waals surface area contributed by atoms with Gasteiger partial charge in [0.15, 0.2) is 0 Å². The summed E-state index contributed by atoms with van der Waals surface area (Å²) < 4.78 is 0. The molecule has 0 spiro atoms. The molecule has 2 nitrogen and oxygen atoms in total. The average molecular weight is 152 g/mol. The van der Waals surface area contributed by atoms with Gasteiger partial charge in [0.05, 0.1) is 0 Å². The maximum absolute atomic E-state index is 5.45. The van der Waals surface area contributed by atoms with E-state index in [2.05, 4.69) is 6.58 Å². The third kappa shape index (κ3) is 7.03. The zero-order valence-electron chi connectivity index (χ0n) is 7.25. The Labute approximate surface area is 68.7 Å². The average Bonchev–Trinajstić information content (AvgIpc) is 1.86. The van der Waals surface area contributed by atoms with Crippen LogP contribution in [0.1, 0.15) is 6.92 Å². The fourth-order valence-electron chi connectivity index (χ4n) is 0.744. The monoisotopic (exact) mass is 152 g/mol. The predicted octanol–water partition coefficient (Wildman–Crippen LogP) is 1.48. The molecular weight excluding hydrogens is 136 g/mol. The normalized spacial score (nSPS) is 12.9. The first-order valence-electron chi connectivity index (χ1n) is 3.57. The van der Waals surface area contributed by atoms with Crippen molar-refractivity contribution in [2.75, 3.05) is 13.6 Å². The molecule has 0 aromatic rings. The summed E-state index contributed by atoms with van der Waals surface area (Å²) in [6.45, 7) is 6.40. The minimum Gasteiger partial charge on any atom is -0.269 e. The maximum Gasteiger partial charge on any atom is 0.0335 e. The van der Waals surface area contributed by atoms with Crippen LogP contribution in [-0.4, -0.2) is 18.6 Å². The first kappa shape index (κ1) is 10.1. The molecule has 0 aromatic heterocycles. The van der Waals surface area contributed by atoms with E-state index in [1.165, 1.54) is 5.57 Å². The van der Waals surface area contributed by atoms with Crippen LogP contribution < -0.4 is 5.84 Å². The van der Waals surface area contributed by atoms with Crippen molar-refractivity contribution in [2.24, 2.45) is 5.84 Å². The van der Waals surface area contributed by atoms with Crippen LogP contribution in [0.3, 0.4) is 0 Å². The summed E-state index contributed by atoms with van der Waals surface area (Å²) in [7, 11) is 1.84. The lowest BCUT2D eigenvalue weighted by Gasteiger charge is -2.07. The molecule has 0 amide bonds. The smallest absolute Gasteiger partial charge is 0.0335 e. The molecule has 0 unspecified atom stereocenters. The minimum absolute atomic E-state index is 0.793. The Hall–Kier alpha value is -0.860. The molecule has 0 saturated carbocycles.